The van der Waals surface area contributed by atoms with Crippen LogP contribution in [0.2, 0.25) is 0 Å². The highest BCUT2D eigenvalue weighted by molar-refractivity contribution is 7.12. The first-order valence-electron chi connectivity index (χ1n) is 6.38. The van der Waals surface area contributed by atoms with E-state index in [-0.39, 0.29) is 0 Å². The lowest BCUT2D eigenvalue weighted by atomic mass is 9.98. The van der Waals surface area contributed by atoms with Crippen LogP contribution in [0.15, 0.2) is 12.1 Å². The van der Waals surface area contributed by atoms with Gasteiger partial charge in [-0.15, -0.1) is 11.3 Å². The molecule has 3 heteroatoms. The minimum Gasteiger partial charge on any atom is -0.271 e. The Bertz CT molecular complexity index is 315. The van der Waals surface area contributed by atoms with Gasteiger partial charge < -0.3 is 0 Å². The largest absolute Gasteiger partial charge is 0.271 e. The summed E-state index contributed by atoms with van der Waals surface area (Å²) in [6.07, 6.45) is 7.94. The van der Waals surface area contributed by atoms with E-state index < -0.39 is 0 Å². The summed E-state index contributed by atoms with van der Waals surface area (Å²) in [5, 5.41) is 0. The molecule has 0 aromatic carbocycles. The fourth-order valence-corrected chi connectivity index (χ4v) is 3.64. The summed E-state index contributed by atoms with van der Waals surface area (Å²) in [5.41, 5.74) is 2.99. The van der Waals surface area contributed by atoms with Gasteiger partial charge in [-0.3, -0.25) is 11.3 Å². The fraction of sp³-hybridized carbons (Fsp3) is 0.692. The first-order chi connectivity index (χ1) is 7.83. The lowest BCUT2D eigenvalue weighted by Crippen LogP contribution is -2.28. The highest BCUT2D eigenvalue weighted by Crippen LogP contribution is 2.34. The number of thiophene rings is 1. The molecule has 0 radical (unpaired) electrons. The molecule has 0 aliphatic heterocycles. The third-order valence-electron chi connectivity index (χ3n) is 3.62. The van der Waals surface area contributed by atoms with Crippen molar-refractivity contribution in [1.29, 1.82) is 0 Å². The van der Waals surface area contributed by atoms with Crippen LogP contribution < -0.4 is 11.3 Å². The molecular weight excluding hydrogens is 216 g/mol. The molecule has 0 amide bonds. The van der Waals surface area contributed by atoms with E-state index in [1.54, 1.807) is 0 Å². The molecule has 1 fully saturated rings. The van der Waals surface area contributed by atoms with Gasteiger partial charge >= 0.3 is 0 Å². The Hall–Kier alpha value is -0.380. The van der Waals surface area contributed by atoms with Crippen LogP contribution in [0.25, 0.3) is 0 Å². The summed E-state index contributed by atoms with van der Waals surface area (Å²) in [7, 11) is 0. The second-order valence-corrected chi connectivity index (χ2v) is 5.96. The van der Waals surface area contributed by atoms with E-state index >= 15 is 0 Å². The molecule has 1 heterocycles. The molecule has 2 nitrogen and oxygen atoms in total. The first-order valence-corrected chi connectivity index (χ1v) is 7.20. The smallest absolute Gasteiger partial charge is 0.0556 e. The zero-order valence-corrected chi connectivity index (χ0v) is 10.9. The van der Waals surface area contributed by atoms with Crippen LogP contribution in [0, 0.1) is 5.92 Å². The van der Waals surface area contributed by atoms with E-state index in [0.717, 1.165) is 12.3 Å². The van der Waals surface area contributed by atoms with Crippen LogP contribution in [0.3, 0.4) is 0 Å². The molecule has 90 valence electrons. The van der Waals surface area contributed by atoms with E-state index in [1.165, 1.54) is 41.9 Å². The maximum atomic E-state index is 5.69. The molecule has 1 saturated carbocycles. The van der Waals surface area contributed by atoms with Crippen molar-refractivity contribution in [2.75, 3.05) is 0 Å². The molecule has 0 bridgehead atoms. The van der Waals surface area contributed by atoms with Crippen molar-refractivity contribution >= 4 is 11.3 Å². The minimum atomic E-state index is 0.369. The van der Waals surface area contributed by atoms with Gasteiger partial charge in [-0.05, 0) is 30.9 Å². The van der Waals surface area contributed by atoms with Crippen LogP contribution in [-0.4, -0.2) is 0 Å². The average molecular weight is 238 g/mol. The van der Waals surface area contributed by atoms with Gasteiger partial charge in [-0.2, -0.15) is 0 Å². The average Bonchev–Trinajstić information content (AvgIpc) is 2.96. The van der Waals surface area contributed by atoms with E-state index in [2.05, 4.69) is 24.5 Å². The Morgan fingerprint density at radius 2 is 2.19 bits per heavy atom. The summed E-state index contributed by atoms with van der Waals surface area (Å²) in [4.78, 5) is 2.87. The number of nitrogens with two attached hydrogens (primary N) is 1. The van der Waals surface area contributed by atoms with Crippen molar-refractivity contribution in [3.8, 4) is 0 Å². The van der Waals surface area contributed by atoms with Crippen molar-refractivity contribution < 1.29 is 0 Å². The zero-order valence-electron chi connectivity index (χ0n) is 10.0. The van der Waals surface area contributed by atoms with Crippen molar-refractivity contribution in [3.63, 3.8) is 0 Å². The second-order valence-electron chi connectivity index (χ2n) is 4.76. The molecule has 3 N–H and O–H groups in total. The predicted octanol–water partition coefficient (Wildman–Crippen LogP) is 3.40. The normalized spacial score (nSPS) is 19.1. The molecule has 2 rings (SSSR count). The van der Waals surface area contributed by atoms with E-state index in [9.17, 15) is 0 Å². The topological polar surface area (TPSA) is 38.0 Å². The summed E-state index contributed by atoms with van der Waals surface area (Å²) in [5.74, 6) is 6.57. The number of hydrogen-bond donors (Lipinski definition) is 2. The standard InChI is InChI=1S/C13H22N2S/c1-2-11-7-8-13(16-11)12(15-14)9-10-5-3-4-6-10/h7-8,10,12,15H,2-6,9,14H2,1H3. The number of aryl methyl sites for hydroxylation is 1. The van der Waals surface area contributed by atoms with Crippen LogP contribution in [-0.2, 0) is 6.42 Å². The molecule has 16 heavy (non-hydrogen) atoms. The van der Waals surface area contributed by atoms with Crippen LogP contribution in [0.4, 0.5) is 0 Å². The molecule has 0 spiro atoms. The number of hydrogen-bond acceptors (Lipinski definition) is 3. The van der Waals surface area contributed by atoms with Gasteiger partial charge in [-0.1, -0.05) is 32.6 Å². The van der Waals surface area contributed by atoms with E-state index in [4.69, 9.17) is 5.84 Å². The van der Waals surface area contributed by atoms with E-state index in [1.807, 2.05) is 11.3 Å². The zero-order chi connectivity index (χ0) is 11.4. The third kappa shape index (κ3) is 2.84. The van der Waals surface area contributed by atoms with Crippen molar-refractivity contribution in [2.45, 2.75) is 51.5 Å². The maximum Gasteiger partial charge on any atom is 0.0556 e. The Morgan fingerprint density at radius 3 is 2.75 bits per heavy atom. The molecule has 1 atom stereocenters. The van der Waals surface area contributed by atoms with Crippen molar-refractivity contribution in [3.05, 3.63) is 21.9 Å². The SMILES string of the molecule is CCc1ccc(C(CC2CCCC2)NN)s1. The van der Waals surface area contributed by atoms with Gasteiger partial charge in [0.1, 0.15) is 0 Å². The van der Waals surface area contributed by atoms with Gasteiger partial charge in [0, 0.05) is 9.75 Å². The van der Waals surface area contributed by atoms with Gasteiger partial charge in [0.15, 0.2) is 0 Å². The summed E-state index contributed by atoms with van der Waals surface area (Å²) >= 11 is 1.91. The summed E-state index contributed by atoms with van der Waals surface area (Å²) in [6, 6.07) is 4.84. The summed E-state index contributed by atoms with van der Waals surface area (Å²) < 4.78 is 0. The number of rotatable bonds is 5. The number of nitrogens with one attached hydrogen (secondary N) is 1. The van der Waals surface area contributed by atoms with E-state index in [0.29, 0.717) is 6.04 Å². The lowest BCUT2D eigenvalue weighted by Gasteiger charge is -2.18. The Morgan fingerprint density at radius 1 is 1.44 bits per heavy atom. The van der Waals surface area contributed by atoms with Gasteiger partial charge in [0.25, 0.3) is 0 Å². The Kier molecular flexibility index (Phi) is 4.38. The van der Waals surface area contributed by atoms with Gasteiger partial charge in [0.2, 0.25) is 0 Å². The van der Waals surface area contributed by atoms with Crippen molar-refractivity contribution in [2.24, 2.45) is 11.8 Å². The Labute approximate surface area is 102 Å². The molecule has 1 aliphatic carbocycles. The van der Waals surface area contributed by atoms with Crippen molar-refractivity contribution in [1.82, 2.24) is 5.43 Å². The highest BCUT2D eigenvalue weighted by atomic mass is 32.1. The summed E-state index contributed by atoms with van der Waals surface area (Å²) in [6.45, 7) is 2.21. The quantitative estimate of drug-likeness (QED) is 0.609. The van der Waals surface area contributed by atoms with Gasteiger partial charge in [-0.25, -0.2) is 0 Å². The highest BCUT2D eigenvalue weighted by Gasteiger charge is 2.21. The molecule has 1 aromatic rings. The molecular formula is C13H22N2S. The molecule has 1 unspecified atom stereocenters. The van der Waals surface area contributed by atoms with Crippen LogP contribution in [0.5, 0.6) is 0 Å². The third-order valence-corrected chi connectivity index (χ3v) is 4.96. The first kappa shape index (κ1) is 12.1. The maximum absolute atomic E-state index is 5.69. The van der Waals surface area contributed by atoms with Crippen LogP contribution in [0.1, 0.15) is 54.8 Å². The lowest BCUT2D eigenvalue weighted by molar-refractivity contribution is 0.404. The minimum absolute atomic E-state index is 0.369. The monoisotopic (exact) mass is 238 g/mol. The molecule has 1 aliphatic rings. The van der Waals surface area contributed by atoms with Gasteiger partial charge in [0.05, 0.1) is 6.04 Å². The second kappa shape index (κ2) is 5.80. The fourth-order valence-electron chi connectivity index (χ4n) is 2.62. The molecule has 1 aromatic heterocycles. The number of hydrazine groups is 1. The Balaban J connectivity index is 1.97. The molecule has 0 saturated heterocycles. The van der Waals surface area contributed by atoms with Crippen LogP contribution >= 0.6 is 11.3 Å². The predicted molar refractivity (Wildman–Crippen MR) is 70.3 cm³/mol.